The summed E-state index contributed by atoms with van der Waals surface area (Å²) in [6, 6.07) is 8.04. The minimum atomic E-state index is -0.293. The number of methoxy groups -OCH3 is 1. The van der Waals surface area contributed by atoms with Gasteiger partial charge in [0.25, 0.3) is 0 Å². The number of hydrogen-bond donors (Lipinski definition) is 1. The zero-order valence-electron chi connectivity index (χ0n) is 10.3. The van der Waals surface area contributed by atoms with Gasteiger partial charge >= 0.3 is 5.97 Å². The number of aromatic amines is 1. The van der Waals surface area contributed by atoms with E-state index in [0.29, 0.717) is 12.0 Å². The molecule has 2 rings (SSSR count). The third-order valence-corrected chi connectivity index (χ3v) is 3.33. The fourth-order valence-corrected chi connectivity index (χ4v) is 2.42. The van der Waals surface area contributed by atoms with Gasteiger partial charge in [0.1, 0.15) is 0 Å². The number of hydrogen-bond acceptors (Lipinski definition) is 2. The zero-order valence-corrected chi connectivity index (χ0v) is 11.9. The maximum absolute atomic E-state index is 11.7. The van der Waals surface area contributed by atoms with Crippen molar-refractivity contribution in [2.24, 2.45) is 0 Å². The van der Waals surface area contributed by atoms with Gasteiger partial charge in [-0.05, 0) is 36.6 Å². The van der Waals surface area contributed by atoms with E-state index in [4.69, 9.17) is 4.74 Å². The van der Waals surface area contributed by atoms with Crippen LogP contribution in [0.3, 0.4) is 0 Å². The highest BCUT2D eigenvalue weighted by Crippen LogP contribution is 2.20. The lowest BCUT2D eigenvalue weighted by Crippen LogP contribution is -2.05. The quantitative estimate of drug-likeness (QED) is 0.882. The molecule has 94 valence electrons. The van der Waals surface area contributed by atoms with Gasteiger partial charge in [-0.15, -0.1) is 0 Å². The van der Waals surface area contributed by atoms with Crippen molar-refractivity contribution in [2.75, 3.05) is 7.11 Å². The standard InChI is InChI=1S/C14H14BrNO2/c1-9-13(14(17)18-2)11(8-16-9)6-10-4-3-5-12(15)7-10/h3-5,7-8,16H,6H2,1-2H3. The molecule has 0 aliphatic heterocycles. The summed E-state index contributed by atoms with van der Waals surface area (Å²) >= 11 is 3.44. The molecule has 0 amide bonds. The Balaban J connectivity index is 2.32. The van der Waals surface area contributed by atoms with Gasteiger partial charge in [-0.2, -0.15) is 0 Å². The van der Waals surface area contributed by atoms with E-state index in [1.807, 2.05) is 37.4 Å². The van der Waals surface area contributed by atoms with Crippen LogP contribution in [0.2, 0.25) is 0 Å². The van der Waals surface area contributed by atoms with E-state index >= 15 is 0 Å². The molecule has 1 aromatic heterocycles. The van der Waals surface area contributed by atoms with E-state index in [9.17, 15) is 4.79 Å². The minimum Gasteiger partial charge on any atom is -0.465 e. The molecule has 0 fully saturated rings. The molecule has 1 heterocycles. The Kier molecular flexibility index (Phi) is 3.87. The molecule has 18 heavy (non-hydrogen) atoms. The summed E-state index contributed by atoms with van der Waals surface area (Å²) in [5.41, 5.74) is 3.58. The van der Waals surface area contributed by atoms with Gasteiger partial charge in [0.05, 0.1) is 12.7 Å². The smallest absolute Gasteiger partial charge is 0.339 e. The number of H-pyrrole nitrogens is 1. The second kappa shape index (κ2) is 5.40. The molecule has 0 atom stereocenters. The van der Waals surface area contributed by atoms with Crippen molar-refractivity contribution in [1.29, 1.82) is 0 Å². The first-order chi connectivity index (χ1) is 8.61. The maximum Gasteiger partial charge on any atom is 0.339 e. The number of aromatic nitrogens is 1. The van der Waals surface area contributed by atoms with Gasteiger partial charge in [0, 0.05) is 16.4 Å². The van der Waals surface area contributed by atoms with Crippen molar-refractivity contribution >= 4 is 21.9 Å². The lowest BCUT2D eigenvalue weighted by molar-refractivity contribution is 0.0599. The number of aryl methyl sites for hydroxylation is 1. The van der Waals surface area contributed by atoms with Crippen LogP contribution in [-0.4, -0.2) is 18.1 Å². The molecular weight excluding hydrogens is 294 g/mol. The zero-order chi connectivity index (χ0) is 13.1. The van der Waals surface area contributed by atoms with Gasteiger partial charge in [0.15, 0.2) is 0 Å². The fraction of sp³-hybridized carbons (Fsp3) is 0.214. The van der Waals surface area contributed by atoms with E-state index in [1.165, 1.54) is 7.11 Å². The second-order valence-corrected chi connectivity index (χ2v) is 5.03. The topological polar surface area (TPSA) is 42.1 Å². The number of carbonyl (C=O) groups excluding carboxylic acids is 1. The highest BCUT2D eigenvalue weighted by Gasteiger charge is 2.16. The first-order valence-corrected chi connectivity index (χ1v) is 6.40. The van der Waals surface area contributed by atoms with Gasteiger partial charge < -0.3 is 9.72 Å². The largest absolute Gasteiger partial charge is 0.465 e. The Bertz CT molecular complexity index is 575. The molecule has 0 saturated heterocycles. The molecule has 1 N–H and O–H groups in total. The molecule has 0 radical (unpaired) electrons. The molecular formula is C14H14BrNO2. The summed E-state index contributed by atoms with van der Waals surface area (Å²) in [6.07, 6.45) is 2.57. The van der Waals surface area contributed by atoms with Crippen LogP contribution < -0.4 is 0 Å². The Morgan fingerprint density at radius 1 is 1.44 bits per heavy atom. The Labute approximate surface area is 114 Å². The summed E-state index contributed by atoms with van der Waals surface area (Å²) < 4.78 is 5.84. The van der Waals surface area contributed by atoms with Crippen LogP contribution in [0.5, 0.6) is 0 Å². The highest BCUT2D eigenvalue weighted by atomic mass is 79.9. The molecule has 0 spiro atoms. The number of carbonyl (C=O) groups is 1. The van der Waals surface area contributed by atoms with E-state index < -0.39 is 0 Å². The van der Waals surface area contributed by atoms with Crippen LogP contribution in [0.15, 0.2) is 34.9 Å². The first kappa shape index (κ1) is 12.9. The van der Waals surface area contributed by atoms with Crippen molar-refractivity contribution in [3.63, 3.8) is 0 Å². The summed E-state index contributed by atoms with van der Waals surface area (Å²) in [5, 5.41) is 0. The van der Waals surface area contributed by atoms with Crippen LogP contribution in [-0.2, 0) is 11.2 Å². The summed E-state index contributed by atoms with van der Waals surface area (Å²) in [7, 11) is 1.40. The van der Waals surface area contributed by atoms with Gasteiger partial charge in [-0.3, -0.25) is 0 Å². The van der Waals surface area contributed by atoms with Crippen molar-refractivity contribution in [3.8, 4) is 0 Å². The number of ether oxygens (including phenoxy) is 1. The molecule has 0 unspecified atom stereocenters. The Morgan fingerprint density at radius 3 is 2.89 bits per heavy atom. The fourth-order valence-electron chi connectivity index (χ4n) is 1.97. The monoisotopic (exact) mass is 307 g/mol. The molecule has 3 nitrogen and oxygen atoms in total. The Hall–Kier alpha value is -1.55. The highest BCUT2D eigenvalue weighted by molar-refractivity contribution is 9.10. The lowest BCUT2D eigenvalue weighted by atomic mass is 10.0. The van der Waals surface area contributed by atoms with Gasteiger partial charge in [-0.1, -0.05) is 28.1 Å². The van der Waals surface area contributed by atoms with E-state index in [1.54, 1.807) is 0 Å². The first-order valence-electron chi connectivity index (χ1n) is 5.61. The summed E-state index contributed by atoms with van der Waals surface area (Å²) in [6.45, 7) is 1.87. The lowest BCUT2D eigenvalue weighted by Gasteiger charge is -2.04. The molecule has 1 aromatic carbocycles. The van der Waals surface area contributed by atoms with Crippen molar-refractivity contribution in [3.05, 3.63) is 57.3 Å². The normalized spacial score (nSPS) is 10.4. The third-order valence-electron chi connectivity index (χ3n) is 2.83. The van der Waals surface area contributed by atoms with Crippen LogP contribution in [0.1, 0.15) is 27.2 Å². The van der Waals surface area contributed by atoms with Crippen LogP contribution in [0, 0.1) is 6.92 Å². The average molecular weight is 308 g/mol. The van der Waals surface area contributed by atoms with E-state index in [2.05, 4.69) is 20.9 Å². The van der Waals surface area contributed by atoms with Crippen LogP contribution in [0.25, 0.3) is 0 Å². The molecule has 0 saturated carbocycles. The average Bonchev–Trinajstić information content (AvgIpc) is 2.70. The van der Waals surface area contributed by atoms with Crippen molar-refractivity contribution in [2.45, 2.75) is 13.3 Å². The van der Waals surface area contributed by atoms with Crippen LogP contribution in [0.4, 0.5) is 0 Å². The van der Waals surface area contributed by atoms with Gasteiger partial charge in [-0.25, -0.2) is 4.79 Å². The summed E-state index contributed by atoms with van der Waals surface area (Å²) in [5.74, 6) is -0.293. The molecule has 0 bridgehead atoms. The predicted molar refractivity (Wildman–Crippen MR) is 73.8 cm³/mol. The third kappa shape index (κ3) is 2.64. The number of benzene rings is 1. The van der Waals surface area contributed by atoms with Gasteiger partial charge in [0.2, 0.25) is 0 Å². The molecule has 2 aromatic rings. The SMILES string of the molecule is COC(=O)c1c(Cc2cccc(Br)c2)c[nH]c1C. The van der Waals surface area contributed by atoms with Crippen molar-refractivity contribution < 1.29 is 9.53 Å². The number of esters is 1. The molecule has 0 aliphatic rings. The molecule has 0 aliphatic carbocycles. The number of nitrogens with one attached hydrogen (secondary N) is 1. The van der Waals surface area contributed by atoms with E-state index in [0.717, 1.165) is 21.3 Å². The minimum absolute atomic E-state index is 0.293. The second-order valence-electron chi connectivity index (χ2n) is 4.11. The predicted octanol–water partition coefficient (Wildman–Crippen LogP) is 3.46. The number of rotatable bonds is 3. The van der Waals surface area contributed by atoms with Crippen LogP contribution >= 0.6 is 15.9 Å². The van der Waals surface area contributed by atoms with Crippen molar-refractivity contribution in [1.82, 2.24) is 4.98 Å². The maximum atomic E-state index is 11.7. The van der Waals surface area contributed by atoms with E-state index in [-0.39, 0.29) is 5.97 Å². The Morgan fingerprint density at radius 2 is 2.22 bits per heavy atom. The summed E-state index contributed by atoms with van der Waals surface area (Å²) in [4.78, 5) is 14.8. The molecule has 4 heteroatoms. The number of halogens is 1.